The van der Waals surface area contributed by atoms with Crippen LogP contribution in [0.1, 0.15) is 45.7 Å². The zero-order chi connectivity index (χ0) is 15.9. The third-order valence-corrected chi connectivity index (χ3v) is 4.58. The second kappa shape index (κ2) is 5.54. The summed E-state index contributed by atoms with van der Waals surface area (Å²) >= 11 is 0. The molecular formula is C19H25NO2. The van der Waals surface area contributed by atoms with Crippen molar-refractivity contribution in [2.24, 2.45) is 5.92 Å². The molecule has 4 atom stereocenters. The van der Waals surface area contributed by atoms with E-state index in [2.05, 4.69) is 48.2 Å². The highest BCUT2D eigenvalue weighted by Crippen LogP contribution is 2.43. The van der Waals surface area contributed by atoms with Crippen molar-refractivity contribution in [2.45, 2.75) is 57.8 Å². The fourth-order valence-corrected chi connectivity index (χ4v) is 3.68. The van der Waals surface area contributed by atoms with Crippen molar-refractivity contribution in [3.8, 4) is 0 Å². The third-order valence-electron chi connectivity index (χ3n) is 4.58. The molecule has 3 nitrogen and oxygen atoms in total. The molecule has 1 aliphatic heterocycles. The quantitative estimate of drug-likeness (QED) is 0.629. The van der Waals surface area contributed by atoms with E-state index in [4.69, 9.17) is 4.74 Å². The summed E-state index contributed by atoms with van der Waals surface area (Å²) in [6, 6.07) is 10.8. The van der Waals surface area contributed by atoms with Crippen LogP contribution in [-0.2, 0) is 9.53 Å². The molecule has 0 aromatic heterocycles. The van der Waals surface area contributed by atoms with Crippen LogP contribution >= 0.6 is 0 Å². The van der Waals surface area contributed by atoms with Crippen molar-refractivity contribution in [1.29, 1.82) is 0 Å². The Hall–Kier alpha value is -1.61. The topological polar surface area (TPSA) is 29.5 Å². The van der Waals surface area contributed by atoms with Crippen molar-refractivity contribution in [3.05, 3.63) is 48.0 Å². The summed E-state index contributed by atoms with van der Waals surface area (Å²) in [4.78, 5) is 15.0. The molecule has 2 bridgehead atoms. The van der Waals surface area contributed by atoms with Crippen LogP contribution < -0.4 is 0 Å². The Bertz CT molecular complexity index is 573. The minimum atomic E-state index is -0.440. The first-order valence-corrected chi connectivity index (χ1v) is 8.10. The normalized spacial score (nSPS) is 28.8. The van der Waals surface area contributed by atoms with Gasteiger partial charge < -0.3 is 4.74 Å². The fraction of sp³-hybridized carbons (Fsp3) is 0.526. The molecule has 1 heterocycles. The van der Waals surface area contributed by atoms with Gasteiger partial charge in [0, 0.05) is 18.0 Å². The number of nitrogens with zero attached hydrogens (tertiary/aromatic N) is 1. The summed E-state index contributed by atoms with van der Waals surface area (Å²) in [6.07, 6.45) is 5.46. The maximum absolute atomic E-state index is 12.7. The van der Waals surface area contributed by atoms with E-state index >= 15 is 0 Å². The molecule has 118 valence electrons. The first-order valence-electron chi connectivity index (χ1n) is 8.10. The summed E-state index contributed by atoms with van der Waals surface area (Å²) in [5.74, 6) is 0.193. The molecule has 3 heteroatoms. The smallest absolute Gasteiger partial charge is 0.324 e. The summed E-state index contributed by atoms with van der Waals surface area (Å²) in [7, 11) is 0. The van der Waals surface area contributed by atoms with Gasteiger partial charge >= 0.3 is 5.97 Å². The Balaban J connectivity index is 1.85. The molecule has 0 amide bonds. The van der Waals surface area contributed by atoms with Gasteiger partial charge in [0.25, 0.3) is 0 Å². The number of hydrogen-bond donors (Lipinski definition) is 0. The lowest BCUT2D eigenvalue weighted by Gasteiger charge is -2.37. The monoisotopic (exact) mass is 299 g/mol. The van der Waals surface area contributed by atoms with Gasteiger partial charge in [-0.3, -0.25) is 9.69 Å². The van der Waals surface area contributed by atoms with Crippen molar-refractivity contribution in [3.63, 3.8) is 0 Å². The van der Waals surface area contributed by atoms with E-state index in [0.717, 1.165) is 6.42 Å². The van der Waals surface area contributed by atoms with Gasteiger partial charge in [-0.2, -0.15) is 0 Å². The molecule has 1 aromatic rings. The average molecular weight is 299 g/mol. The Morgan fingerprint density at radius 1 is 1.23 bits per heavy atom. The van der Waals surface area contributed by atoms with Crippen LogP contribution in [0.3, 0.4) is 0 Å². The van der Waals surface area contributed by atoms with E-state index in [9.17, 15) is 4.79 Å². The van der Waals surface area contributed by atoms with Crippen LogP contribution in [0.2, 0.25) is 0 Å². The third kappa shape index (κ3) is 2.82. The van der Waals surface area contributed by atoms with Crippen molar-refractivity contribution >= 4 is 5.97 Å². The lowest BCUT2D eigenvalue weighted by atomic mass is 9.99. The summed E-state index contributed by atoms with van der Waals surface area (Å²) in [6.45, 7) is 7.97. The van der Waals surface area contributed by atoms with Crippen molar-refractivity contribution < 1.29 is 9.53 Å². The molecule has 3 unspecified atom stereocenters. The predicted molar refractivity (Wildman–Crippen MR) is 87.4 cm³/mol. The van der Waals surface area contributed by atoms with Gasteiger partial charge in [0.2, 0.25) is 0 Å². The zero-order valence-corrected chi connectivity index (χ0v) is 13.8. The van der Waals surface area contributed by atoms with E-state index in [-0.39, 0.29) is 24.0 Å². The largest absolute Gasteiger partial charge is 0.459 e. The Labute approximate surface area is 133 Å². The summed E-state index contributed by atoms with van der Waals surface area (Å²) in [5, 5.41) is 0. The summed E-state index contributed by atoms with van der Waals surface area (Å²) in [5.41, 5.74) is 0.807. The molecular weight excluding hydrogens is 274 g/mol. The van der Waals surface area contributed by atoms with Gasteiger partial charge in [-0.15, -0.1) is 0 Å². The molecule has 1 saturated heterocycles. The molecule has 0 spiro atoms. The maximum Gasteiger partial charge on any atom is 0.324 e. The highest BCUT2D eigenvalue weighted by atomic mass is 16.6. The van der Waals surface area contributed by atoms with Crippen molar-refractivity contribution in [1.82, 2.24) is 4.90 Å². The number of carbonyl (C=O) groups is 1. The van der Waals surface area contributed by atoms with Crippen LogP contribution in [-0.4, -0.2) is 28.6 Å². The van der Waals surface area contributed by atoms with E-state index in [1.807, 2.05) is 26.8 Å². The summed E-state index contributed by atoms with van der Waals surface area (Å²) < 4.78 is 5.68. The number of ether oxygens (including phenoxy) is 1. The molecule has 0 saturated carbocycles. The lowest BCUT2D eigenvalue weighted by molar-refractivity contribution is -0.162. The number of rotatable bonds is 3. The first-order chi connectivity index (χ1) is 10.4. The minimum Gasteiger partial charge on any atom is -0.459 e. The highest BCUT2D eigenvalue weighted by molar-refractivity contribution is 5.78. The number of benzene rings is 1. The molecule has 0 radical (unpaired) electrons. The lowest BCUT2D eigenvalue weighted by Crippen LogP contribution is -2.47. The van der Waals surface area contributed by atoms with Crippen LogP contribution in [0.15, 0.2) is 42.5 Å². The van der Waals surface area contributed by atoms with Crippen LogP contribution in [0.5, 0.6) is 0 Å². The number of fused-ring (bicyclic) bond motifs is 2. The molecule has 0 N–H and O–H groups in total. The standard InChI is InChI=1S/C19H25NO2/c1-13(14-8-6-5-7-9-14)20-16-11-10-15(12-16)17(20)18(21)22-19(2,3)4/h5-11,13,15-17H,12H2,1-4H3/t13-,15?,16?,17?/m1/s1. The minimum absolute atomic E-state index is 0.0906. The predicted octanol–water partition coefficient (Wildman–Crippen LogP) is 3.72. The Morgan fingerprint density at radius 3 is 2.55 bits per heavy atom. The highest BCUT2D eigenvalue weighted by Gasteiger charge is 2.49. The number of carbonyl (C=O) groups excluding carboxylic acids is 1. The Morgan fingerprint density at radius 2 is 1.91 bits per heavy atom. The maximum atomic E-state index is 12.7. The van der Waals surface area contributed by atoms with Gasteiger partial charge in [-0.1, -0.05) is 42.5 Å². The number of hydrogen-bond acceptors (Lipinski definition) is 3. The second-order valence-corrected chi connectivity index (χ2v) is 7.36. The van der Waals surface area contributed by atoms with Gasteiger partial charge in [-0.25, -0.2) is 0 Å². The van der Waals surface area contributed by atoms with E-state index in [1.54, 1.807) is 0 Å². The average Bonchev–Trinajstić information content (AvgIpc) is 3.06. The SMILES string of the molecule is C[C@H](c1ccccc1)N1C2C=CC(C2)C1C(=O)OC(C)(C)C. The van der Waals surface area contributed by atoms with Crippen molar-refractivity contribution in [2.75, 3.05) is 0 Å². The van der Waals surface area contributed by atoms with Gasteiger partial charge in [0.15, 0.2) is 0 Å². The number of esters is 1. The van der Waals surface area contributed by atoms with Crippen LogP contribution in [0.25, 0.3) is 0 Å². The molecule has 22 heavy (non-hydrogen) atoms. The Kier molecular flexibility index (Phi) is 3.85. The zero-order valence-electron chi connectivity index (χ0n) is 13.8. The van der Waals surface area contributed by atoms with E-state index in [0.29, 0.717) is 6.04 Å². The molecule has 1 aromatic carbocycles. The number of likely N-dealkylation sites (tertiary alicyclic amines) is 1. The van der Waals surface area contributed by atoms with Crippen LogP contribution in [0, 0.1) is 5.92 Å². The molecule has 1 fully saturated rings. The molecule has 2 aliphatic rings. The van der Waals surface area contributed by atoms with E-state index < -0.39 is 5.60 Å². The van der Waals surface area contributed by atoms with Gasteiger partial charge in [0.1, 0.15) is 11.6 Å². The fourth-order valence-electron chi connectivity index (χ4n) is 3.68. The second-order valence-electron chi connectivity index (χ2n) is 7.36. The van der Waals surface area contributed by atoms with E-state index in [1.165, 1.54) is 5.56 Å². The molecule has 3 rings (SSSR count). The van der Waals surface area contributed by atoms with Crippen LogP contribution in [0.4, 0.5) is 0 Å². The first kappa shape index (κ1) is 15.3. The van der Waals surface area contributed by atoms with Gasteiger partial charge in [-0.05, 0) is 39.7 Å². The molecule has 1 aliphatic carbocycles. The van der Waals surface area contributed by atoms with Gasteiger partial charge in [0.05, 0.1) is 0 Å².